The lowest BCUT2D eigenvalue weighted by Crippen LogP contribution is -2.31. The number of hydrogen-bond acceptors (Lipinski definition) is 5. The zero-order valence-electron chi connectivity index (χ0n) is 12.9. The van der Waals surface area contributed by atoms with Gasteiger partial charge in [0.2, 0.25) is 0 Å². The van der Waals surface area contributed by atoms with Crippen molar-refractivity contribution in [2.24, 2.45) is 11.7 Å². The van der Waals surface area contributed by atoms with Gasteiger partial charge in [0.15, 0.2) is 0 Å². The number of primary amides is 1. The minimum absolute atomic E-state index is 0.0705. The van der Waals surface area contributed by atoms with Crippen LogP contribution in [0.15, 0.2) is 18.5 Å². The molecule has 0 radical (unpaired) electrons. The third-order valence-electron chi connectivity index (χ3n) is 4.54. The van der Waals surface area contributed by atoms with Crippen LogP contribution in [0.3, 0.4) is 0 Å². The lowest BCUT2D eigenvalue weighted by atomic mass is 9.85. The van der Waals surface area contributed by atoms with E-state index in [0.717, 1.165) is 19.3 Å². The number of carbonyl (C=O) groups excluding carboxylic acids is 1. The Morgan fingerprint density at radius 3 is 2.87 bits per heavy atom. The smallest absolute Gasteiger partial charge is 0.289 e. The first-order valence-corrected chi connectivity index (χ1v) is 7.69. The lowest BCUT2D eigenvalue weighted by Gasteiger charge is -2.31. The SMILES string of the molecule is C[C@@H]1CCCC[C@@H]1Nc1c(C(N)=O)cnn2cc([N+](=O)[O-])cc12. The van der Waals surface area contributed by atoms with Crippen molar-refractivity contribution < 1.29 is 9.72 Å². The highest BCUT2D eigenvalue weighted by Crippen LogP contribution is 2.31. The normalized spacial score (nSPS) is 21.3. The zero-order valence-corrected chi connectivity index (χ0v) is 12.9. The Balaban J connectivity index is 2.08. The molecular weight excluding hydrogens is 298 g/mol. The van der Waals surface area contributed by atoms with E-state index in [4.69, 9.17) is 5.73 Å². The minimum Gasteiger partial charge on any atom is -0.380 e. The van der Waals surface area contributed by atoms with Gasteiger partial charge in [-0.3, -0.25) is 14.9 Å². The van der Waals surface area contributed by atoms with Gasteiger partial charge in [-0.1, -0.05) is 19.8 Å². The molecule has 0 aromatic carbocycles. The van der Waals surface area contributed by atoms with E-state index >= 15 is 0 Å². The van der Waals surface area contributed by atoms with E-state index in [1.807, 2.05) is 0 Å². The number of aromatic nitrogens is 2. The molecule has 3 N–H and O–H groups in total. The molecule has 1 fully saturated rings. The standard InChI is InChI=1S/C15H19N5O3/c1-9-4-2-3-5-12(9)18-14-11(15(16)21)7-17-19-8-10(20(22)23)6-13(14)19/h6-9,12,18H,2-5H2,1H3,(H2,16,21)/t9-,12+/m1/s1. The van der Waals surface area contributed by atoms with Gasteiger partial charge in [0.05, 0.1) is 27.9 Å². The third kappa shape index (κ3) is 2.84. The predicted molar refractivity (Wildman–Crippen MR) is 85.4 cm³/mol. The fraction of sp³-hybridized carbons (Fsp3) is 0.467. The largest absolute Gasteiger partial charge is 0.380 e. The number of nitrogens with zero attached hydrogens (tertiary/aromatic N) is 3. The predicted octanol–water partition coefficient (Wildman–Crippen LogP) is 2.33. The summed E-state index contributed by atoms with van der Waals surface area (Å²) in [6.07, 6.45) is 7.12. The highest BCUT2D eigenvalue weighted by molar-refractivity contribution is 6.02. The molecule has 1 amide bonds. The second kappa shape index (κ2) is 5.86. The van der Waals surface area contributed by atoms with Gasteiger partial charge >= 0.3 is 0 Å². The van der Waals surface area contributed by atoms with E-state index in [9.17, 15) is 14.9 Å². The van der Waals surface area contributed by atoms with E-state index in [-0.39, 0.29) is 17.3 Å². The zero-order chi connectivity index (χ0) is 16.6. The molecule has 2 atom stereocenters. The summed E-state index contributed by atoms with van der Waals surface area (Å²) in [7, 11) is 0. The Hall–Kier alpha value is -2.64. The van der Waals surface area contributed by atoms with Crippen LogP contribution in [0.4, 0.5) is 11.4 Å². The van der Waals surface area contributed by atoms with Gasteiger partial charge in [0, 0.05) is 12.1 Å². The van der Waals surface area contributed by atoms with Crippen LogP contribution in [0.25, 0.3) is 5.52 Å². The second-order valence-corrected chi connectivity index (χ2v) is 6.10. The van der Waals surface area contributed by atoms with E-state index in [1.54, 1.807) is 0 Å². The molecule has 0 bridgehead atoms. The van der Waals surface area contributed by atoms with Gasteiger partial charge in [0.25, 0.3) is 11.6 Å². The summed E-state index contributed by atoms with van der Waals surface area (Å²) in [6.45, 7) is 2.17. The number of carbonyl (C=O) groups is 1. The van der Waals surface area contributed by atoms with Crippen LogP contribution in [-0.4, -0.2) is 26.5 Å². The van der Waals surface area contributed by atoms with Crippen molar-refractivity contribution >= 4 is 22.8 Å². The maximum absolute atomic E-state index is 11.7. The maximum atomic E-state index is 11.7. The molecular formula is C15H19N5O3. The quantitative estimate of drug-likeness (QED) is 0.663. The number of nitrogens with one attached hydrogen (secondary N) is 1. The van der Waals surface area contributed by atoms with Gasteiger partial charge in [-0.15, -0.1) is 0 Å². The molecule has 0 saturated heterocycles. The van der Waals surface area contributed by atoms with E-state index in [1.165, 1.54) is 29.4 Å². The van der Waals surface area contributed by atoms with Gasteiger partial charge < -0.3 is 11.1 Å². The van der Waals surface area contributed by atoms with Crippen LogP contribution < -0.4 is 11.1 Å². The Labute approximate surface area is 132 Å². The van der Waals surface area contributed by atoms with Crippen LogP contribution in [0.5, 0.6) is 0 Å². The van der Waals surface area contributed by atoms with Crippen LogP contribution in [-0.2, 0) is 0 Å². The lowest BCUT2D eigenvalue weighted by molar-refractivity contribution is -0.384. The number of nitro groups is 1. The van der Waals surface area contributed by atoms with Crippen molar-refractivity contribution in [3.8, 4) is 0 Å². The van der Waals surface area contributed by atoms with Crippen molar-refractivity contribution in [2.45, 2.75) is 38.6 Å². The number of amides is 1. The van der Waals surface area contributed by atoms with Crippen molar-refractivity contribution in [1.82, 2.24) is 9.61 Å². The molecule has 2 heterocycles. The molecule has 1 saturated carbocycles. The number of rotatable bonds is 4. The first-order chi connectivity index (χ1) is 11.0. The molecule has 2 aromatic rings. The third-order valence-corrected chi connectivity index (χ3v) is 4.54. The summed E-state index contributed by atoms with van der Waals surface area (Å²) in [5, 5.41) is 18.4. The van der Waals surface area contributed by atoms with Gasteiger partial charge in [-0.2, -0.15) is 5.10 Å². The fourth-order valence-electron chi connectivity index (χ4n) is 3.20. The summed E-state index contributed by atoms with van der Waals surface area (Å²) >= 11 is 0. The first-order valence-electron chi connectivity index (χ1n) is 7.69. The van der Waals surface area contributed by atoms with Crippen molar-refractivity contribution in [1.29, 1.82) is 0 Å². The molecule has 0 unspecified atom stereocenters. The molecule has 3 rings (SSSR count). The van der Waals surface area contributed by atoms with Gasteiger partial charge in [-0.25, -0.2) is 4.52 Å². The molecule has 23 heavy (non-hydrogen) atoms. The maximum Gasteiger partial charge on any atom is 0.289 e. The van der Waals surface area contributed by atoms with Crippen molar-refractivity contribution in [2.75, 3.05) is 5.32 Å². The van der Waals surface area contributed by atoms with Crippen molar-refractivity contribution in [3.63, 3.8) is 0 Å². The molecule has 1 aliphatic carbocycles. The number of fused-ring (bicyclic) bond motifs is 1. The average molecular weight is 317 g/mol. The first kappa shape index (κ1) is 15.3. The van der Waals surface area contributed by atoms with Crippen LogP contribution in [0.1, 0.15) is 43.0 Å². The van der Waals surface area contributed by atoms with E-state index in [2.05, 4.69) is 17.3 Å². The van der Waals surface area contributed by atoms with Crippen LogP contribution in [0, 0.1) is 16.0 Å². The summed E-state index contributed by atoms with van der Waals surface area (Å²) in [4.78, 5) is 22.2. The van der Waals surface area contributed by atoms with Gasteiger partial charge in [0.1, 0.15) is 6.20 Å². The van der Waals surface area contributed by atoms with Gasteiger partial charge in [-0.05, 0) is 18.8 Å². The van der Waals surface area contributed by atoms with Crippen LogP contribution in [0.2, 0.25) is 0 Å². The number of anilines is 1. The molecule has 1 aliphatic rings. The number of nitrogens with two attached hydrogens (primary N) is 1. The summed E-state index contributed by atoms with van der Waals surface area (Å²) in [5.74, 6) is -0.141. The summed E-state index contributed by atoms with van der Waals surface area (Å²) in [5.41, 5.74) is 6.65. The molecule has 2 aromatic heterocycles. The molecule has 0 spiro atoms. The monoisotopic (exact) mass is 317 g/mol. The molecule has 8 nitrogen and oxygen atoms in total. The van der Waals surface area contributed by atoms with E-state index < -0.39 is 10.8 Å². The van der Waals surface area contributed by atoms with Crippen LogP contribution >= 0.6 is 0 Å². The Morgan fingerprint density at radius 1 is 1.48 bits per heavy atom. The molecule has 0 aliphatic heterocycles. The van der Waals surface area contributed by atoms with E-state index in [0.29, 0.717) is 17.1 Å². The Morgan fingerprint density at radius 2 is 2.22 bits per heavy atom. The Kier molecular flexibility index (Phi) is 3.89. The second-order valence-electron chi connectivity index (χ2n) is 6.10. The average Bonchev–Trinajstić information content (AvgIpc) is 2.94. The summed E-state index contributed by atoms with van der Waals surface area (Å²) in [6, 6.07) is 1.62. The summed E-state index contributed by atoms with van der Waals surface area (Å²) < 4.78 is 1.40. The Bertz CT molecular complexity index is 770. The topological polar surface area (TPSA) is 116 Å². The minimum atomic E-state index is -0.602. The molecule has 8 heteroatoms. The number of hydrogen-bond donors (Lipinski definition) is 2. The highest BCUT2D eigenvalue weighted by atomic mass is 16.6. The highest BCUT2D eigenvalue weighted by Gasteiger charge is 2.25. The van der Waals surface area contributed by atoms with Crippen molar-refractivity contribution in [3.05, 3.63) is 34.1 Å². The molecule has 122 valence electrons. The fourth-order valence-corrected chi connectivity index (χ4v) is 3.20.